The van der Waals surface area contributed by atoms with E-state index in [0.29, 0.717) is 18.5 Å². The van der Waals surface area contributed by atoms with Gasteiger partial charge in [0.15, 0.2) is 6.61 Å². The zero-order chi connectivity index (χ0) is 22.2. The van der Waals surface area contributed by atoms with Gasteiger partial charge in [-0.3, -0.25) is 0 Å². The second-order valence-corrected chi connectivity index (χ2v) is 7.35. The Morgan fingerprint density at radius 3 is 2.35 bits per heavy atom. The first-order valence-corrected chi connectivity index (χ1v) is 9.75. The Labute approximate surface area is 174 Å². The number of fused-ring (bicyclic) bond motifs is 1. The van der Waals surface area contributed by atoms with Gasteiger partial charge in [0, 0.05) is 18.1 Å². The lowest BCUT2D eigenvalue weighted by Crippen LogP contribution is -2.21. The highest BCUT2D eigenvalue weighted by atomic mass is 19.4. The van der Waals surface area contributed by atoms with Crippen molar-refractivity contribution in [1.82, 2.24) is 19.6 Å². The van der Waals surface area contributed by atoms with Gasteiger partial charge in [-0.1, -0.05) is 19.3 Å². The van der Waals surface area contributed by atoms with E-state index >= 15 is 8.78 Å². The van der Waals surface area contributed by atoms with E-state index in [1.54, 1.807) is 0 Å². The number of methoxy groups -OCH3 is 1. The number of aromatic nitrogens is 4. The van der Waals surface area contributed by atoms with Gasteiger partial charge in [-0.05, 0) is 12.8 Å². The SMILES string of the molecule is COc1cc(F)c(-c2c(OCC(F)(F)F)nc3ncnn3c2C2CCCCC2)c(F)c1. The molecule has 0 aliphatic heterocycles. The van der Waals surface area contributed by atoms with E-state index in [0.717, 1.165) is 31.4 Å². The molecule has 0 bridgehead atoms. The van der Waals surface area contributed by atoms with Crippen LogP contribution in [-0.2, 0) is 0 Å². The molecule has 0 radical (unpaired) electrons. The molecule has 0 unspecified atom stereocenters. The van der Waals surface area contributed by atoms with Gasteiger partial charge < -0.3 is 9.47 Å². The van der Waals surface area contributed by atoms with Crippen LogP contribution in [0.4, 0.5) is 22.0 Å². The molecule has 1 aromatic carbocycles. The van der Waals surface area contributed by atoms with Gasteiger partial charge in [0.05, 0.1) is 23.9 Å². The normalized spacial score (nSPS) is 15.4. The summed E-state index contributed by atoms with van der Waals surface area (Å²) in [7, 11) is 1.25. The Morgan fingerprint density at radius 2 is 1.74 bits per heavy atom. The molecule has 2 heterocycles. The summed E-state index contributed by atoms with van der Waals surface area (Å²) >= 11 is 0. The van der Waals surface area contributed by atoms with E-state index in [1.165, 1.54) is 18.0 Å². The van der Waals surface area contributed by atoms with Gasteiger partial charge >= 0.3 is 6.18 Å². The van der Waals surface area contributed by atoms with Crippen molar-refractivity contribution >= 4 is 5.78 Å². The molecule has 1 aliphatic carbocycles. The second kappa shape index (κ2) is 8.27. The van der Waals surface area contributed by atoms with Crippen LogP contribution in [0.1, 0.15) is 43.7 Å². The highest BCUT2D eigenvalue weighted by molar-refractivity contribution is 5.75. The lowest BCUT2D eigenvalue weighted by molar-refractivity contribution is -0.154. The Balaban J connectivity index is 2.00. The molecule has 166 valence electrons. The lowest BCUT2D eigenvalue weighted by atomic mass is 9.83. The third kappa shape index (κ3) is 4.26. The van der Waals surface area contributed by atoms with E-state index < -0.39 is 35.9 Å². The third-order valence-electron chi connectivity index (χ3n) is 5.30. The number of halogens is 5. The van der Waals surface area contributed by atoms with Crippen LogP contribution >= 0.6 is 0 Å². The molecule has 4 rings (SSSR count). The molecule has 31 heavy (non-hydrogen) atoms. The lowest BCUT2D eigenvalue weighted by Gasteiger charge is -2.26. The standard InChI is InChI=1S/C20H19F5N4O2/c1-30-12-7-13(21)15(14(22)8-12)16-17(11-5-3-2-4-6-11)29-19(26-10-27-29)28-18(16)31-9-20(23,24)25/h7-8,10-11H,2-6,9H2,1H3. The van der Waals surface area contributed by atoms with E-state index in [-0.39, 0.29) is 23.0 Å². The fourth-order valence-electron chi connectivity index (χ4n) is 3.99. The van der Waals surface area contributed by atoms with Gasteiger partial charge in [0.2, 0.25) is 5.88 Å². The molecule has 2 aromatic heterocycles. The second-order valence-electron chi connectivity index (χ2n) is 7.35. The maximum absolute atomic E-state index is 15.0. The first kappa shape index (κ1) is 21.3. The van der Waals surface area contributed by atoms with E-state index in [1.807, 2.05) is 0 Å². The van der Waals surface area contributed by atoms with E-state index in [2.05, 4.69) is 15.1 Å². The van der Waals surface area contributed by atoms with Crippen LogP contribution < -0.4 is 9.47 Å². The van der Waals surface area contributed by atoms with E-state index in [9.17, 15) is 13.2 Å². The van der Waals surface area contributed by atoms with Crippen molar-refractivity contribution in [2.45, 2.75) is 44.2 Å². The first-order valence-electron chi connectivity index (χ1n) is 9.75. The van der Waals surface area contributed by atoms with Crippen LogP contribution in [0, 0.1) is 11.6 Å². The van der Waals surface area contributed by atoms with Crippen molar-refractivity contribution < 1.29 is 31.4 Å². The molecule has 6 nitrogen and oxygen atoms in total. The van der Waals surface area contributed by atoms with Crippen molar-refractivity contribution in [2.24, 2.45) is 0 Å². The molecule has 0 spiro atoms. The van der Waals surface area contributed by atoms with Gasteiger partial charge in [-0.2, -0.15) is 28.2 Å². The van der Waals surface area contributed by atoms with Crippen molar-refractivity contribution in [1.29, 1.82) is 0 Å². The van der Waals surface area contributed by atoms with Crippen molar-refractivity contribution in [3.8, 4) is 22.8 Å². The first-order chi connectivity index (χ1) is 14.8. The Bertz CT molecular complexity index is 1070. The van der Waals surface area contributed by atoms with Gasteiger partial charge in [0.1, 0.15) is 23.7 Å². The van der Waals surface area contributed by atoms with Crippen LogP contribution in [-0.4, -0.2) is 39.5 Å². The summed E-state index contributed by atoms with van der Waals surface area (Å²) in [4.78, 5) is 7.96. The molecule has 3 aromatic rings. The smallest absolute Gasteiger partial charge is 0.422 e. The number of benzene rings is 1. The topological polar surface area (TPSA) is 61.5 Å². The summed E-state index contributed by atoms with van der Waals surface area (Å²) < 4.78 is 79.9. The maximum atomic E-state index is 15.0. The van der Waals surface area contributed by atoms with Gasteiger partial charge in [-0.25, -0.2) is 13.3 Å². The maximum Gasteiger partial charge on any atom is 0.422 e. The largest absolute Gasteiger partial charge is 0.497 e. The number of nitrogens with zero attached hydrogens (tertiary/aromatic N) is 4. The molecule has 0 amide bonds. The number of rotatable bonds is 5. The summed E-state index contributed by atoms with van der Waals surface area (Å²) in [5.41, 5.74) is -0.391. The molecule has 0 atom stereocenters. The Morgan fingerprint density at radius 1 is 1.06 bits per heavy atom. The third-order valence-corrected chi connectivity index (χ3v) is 5.30. The predicted octanol–water partition coefficient (Wildman–Crippen LogP) is 5.07. The summed E-state index contributed by atoms with van der Waals surface area (Å²) in [6, 6.07) is 1.92. The Hall–Kier alpha value is -2.98. The molecule has 11 heteroatoms. The average Bonchev–Trinajstić information content (AvgIpc) is 3.19. The number of alkyl halides is 3. The molecule has 0 saturated heterocycles. The number of ether oxygens (including phenoxy) is 2. The van der Waals surface area contributed by atoms with Crippen LogP contribution in [0.5, 0.6) is 11.6 Å². The van der Waals surface area contributed by atoms with Crippen LogP contribution in [0.2, 0.25) is 0 Å². The molecular weight excluding hydrogens is 423 g/mol. The summed E-state index contributed by atoms with van der Waals surface area (Å²) in [6.45, 7) is -1.67. The minimum absolute atomic E-state index is 0.00386. The van der Waals surface area contributed by atoms with Crippen LogP contribution in [0.3, 0.4) is 0 Å². The minimum Gasteiger partial charge on any atom is -0.497 e. The molecule has 0 N–H and O–H groups in total. The fourth-order valence-corrected chi connectivity index (χ4v) is 3.99. The quantitative estimate of drug-likeness (QED) is 0.517. The van der Waals surface area contributed by atoms with Gasteiger partial charge in [0.25, 0.3) is 5.78 Å². The minimum atomic E-state index is -4.67. The van der Waals surface area contributed by atoms with Gasteiger partial charge in [-0.15, -0.1) is 0 Å². The monoisotopic (exact) mass is 442 g/mol. The Kier molecular flexibility index (Phi) is 5.67. The summed E-state index contributed by atoms with van der Waals surface area (Å²) in [5, 5.41) is 4.12. The zero-order valence-electron chi connectivity index (χ0n) is 16.5. The van der Waals surface area contributed by atoms with Crippen molar-refractivity contribution in [3.63, 3.8) is 0 Å². The van der Waals surface area contributed by atoms with E-state index in [4.69, 9.17) is 9.47 Å². The van der Waals surface area contributed by atoms with Crippen molar-refractivity contribution in [2.75, 3.05) is 13.7 Å². The van der Waals surface area contributed by atoms with Crippen molar-refractivity contribution in [3.05, 3.63) is 35.8 Å². The summed E-state index contributed by atoms with van der Waals surface area (Å²) in [6.07, 6.45) is 0.631. The highest BCUT2D eigenvalue weighted by Gasteiger charge is 2.34. The zero-order valence-corrected chi connectivity index (χ0v) is 16.5. The highest BCUT2D eigenvalue weighted by Crippen LogP contribution is 2.44. The van der Waals surface area contributed by atoms with Crippen LogP contribution in [0.15, 0.2) is 18.5 Å². The fraction of sp³-hybridized carbons (Fsp3) is 0.450. The number of hydrogen-bond acceptors (Lipinski definition) is 5. The van der Waals surface area contributed by atoms with Crippen LogP contribution in [0.25, 0.3) is 16.9 Å². The molecule has 1 saturated carbocycles. The summed E-state index contributed by atoms with van der Waals surface area (Å²) in [5.74, 6) is -2.83. The number of hydrogen-bond donors (Lipinski definition) is 0. The predicted molar refractivity (Wildman–Crippen MR) is 100 cm³/mol. The molecular formula is C20H19F5N4O2. The average molecular weight is 442 g/mol. The molecule has 1 fully saturated rings. The molecule has 1 aliphatic rings.